The third-order valence-electron chi connectivity index (χ3n) is 2.30. The van der Waals surface area contributed by atoms with Crippen molar-refractivity contribution in [2.24, 2.45) is 0 Å². The van der Waals surface area contributed by atoms with Crippen LogP contribution >= 0.6 is 0 Å². The monoisotopic (exact) mass is 252 g/mol. The molecule has 0 aliphatic heterocycles. The van der Waals surface area contributed by atoms with Gasteiger partial charge in [0.1, 0.15) is 0 Å². The van der Waals surface area contributed by atoms with Crippen LogP contribution in [-0.2, 0) is 6.42 Å². The van der Waals surface area contributed by atoms with Gasteiger partial charge in [-0.3, -0.25) is 0 Å². The first kappa shape index (κ1) is 22.4. The topological polar surface area (TPSA) is 0 Å². The minimum Gasteiger partial charge on any atom is -0.0683 e. The highest BCUT2D eigenvalue weighted by atomic mass is 14.1. The summed E-state index contributed by atoms with van der Waals surface area (Å²) in [5.74, 6) is 0.653. The van der Waals surface area contributed by atoms with Crippen molar-refractivity contribution in [2.75, 3.05) is 0 Å². The lowest BCUT2D eigenvalue weighted by molar-refractivity contribution is 0.842. The molecular formula is C18H36. The molecule has 0 fully saturated rings. The van der Waals surface area contributed by atoms with Crippen molar-refractivity contribution in [3.8, 4) is 0 Å². The summed E-state index contributed by atoms with van der Waals surface area (Å²) in [4.78, 5) is 0. The van der Waals surface area contributed by atoms with Gasteiger partial charge in [0.05, 0.1) is 0 Å². The molecule has 0 atom stereocenters. The summed E-state index contributed by atoms with van der Waals surface area (Å²) in [5.41, 5.74) is 4.38. The molecule has 0 N–H and O–H groups in total. The lowest BCUT2D eigenvalue weighted by Crippen LogP contribution is -1.95. The summed E-state index contributed by atoms with van der Waals surface area (Å²) < 4.78 is 0. The quantitative estimate of drug-likeness (QED) is 0.545. The molecule has 108 valence electrons. The van der Waals surface area contributed by atoms with Crippen LogP contribution in [0.4, 0.5) is 0 Å². The smallest absolute Gasteiger partial charge is 0.0216 e. The van der Waals surface area contributed by atoms with Crippen molar-refractivity contribution >= 4 is 0 Å². The Morgan fingerprint density at radius 2 is 1.33 bits per heavy atom. The fraction of sp³-hybridized carbons (Fsp3) is 0.667. The Kier molecular flexibility index (Phi) is 20.2. The lowest BCUT2D eigenvalue weighted by Gasteiger charge is -2.11. The van der Waals surface area contributed by atoms with Crippen molar-refractivity contribution < 1.29 is 0 Å². The van der Waals surface area contributed by atoms with Crippen LogP contribution < -0.4 is 0 Å². The van der Waals surface area contributed by atoms with E-state index in [1.54, 1.807) is 0 Å². The molecule has 0 radical (unpaired) electrons. The molecule has 0 aromatic heterocycles. The Labute approximate surface area is 117 Å². The van der Waals surface area contributed by atoms with E-state index in [0.29, 0.717) is 5.92 Å². The summed E-state index contributed by atoms with van der Waals surface area (Å²) in [6.07, 6.45) is 1.15. The first-order valence-corrected chi connectivity index (χ1v) is 7.74. The molecule has 0 heteroatoms. The molecule has 0 aliphatic rings. The Morgan fingerprint density at radius 3 is 1.67 bits per heavy atom. The predicted molar refractivity (Wildman–Crippen MR) is 88.7 cm³/mol. The van der Waals surface area contributed by atoms with Gasteiger partial charge < -0.3 is 0 Å². The van der Waals surface area contributed by atoms with E-state index in [1.807, 2.05) is 41.5 Å². The van der Waals surface area contributed by atoms with Gasteiger partial charge in [-0.05, 0) is 30.4 Å². The van der Waals surface area contributed by atoms with Crippen LogP contribution in [0.25, 0.3) is 0 Å². The fourth-order valence-electron chi connectivity index (χ4n) is 1.57. The molecule has 18 heavy (non-hydrogen) atoms. The Hall–Kier alpha value is -0.780. The lowest BCUT2D eigenvalue weighted by atomic mass is 9.94. The highest BCUT2D eigenvalue weighted by Crippen LogP contribution is 2.21. The van der Waals surface area contributed by atoms with Gasteiger partial charge in [-0.2, -0.15) is 0 Å². The highest BCUT2D eigenvalue weighted by molar-refractivity contribution is 5.33. The molecule has 0 saturated heterocycles. The standard InChI is InChI=1S/C12H18.3C2H6/c1-5-11-7-6-10(4)8-12(11)9(2)3;3*1-2/h6-9H,5H2,1-4H3;3*1-2H3. The zero-order valence-corrected chi connectivity index (χ0v) is 14.5. The minimum absolute atomic E-state index is 0.653. The highest BCUT2D eigenvalue weighted by Gasteiger charge is 2.04. The second-order valence-corrected chi connectivity index (χ2v) is 3.71. The van der Waals surface area contributed by atoms with Crippen LogP contribution in [0.5, 0.6) is 0 Å². The maximum absolute atomic E-state index is 2.31. The van der Waals surface area contributed by atoms with Crippen LogP contribution in [0.2, 0.25) is 0 Å². The molecular weight excluding hydrogens is 216 g/mol. The van der Waals surface area contributed by atoms with Crippen molar-refractivity contribution in [1.82, 2.24) is 0 Å². The van der Waals surface area contributed by atoms with Crippen LogP contribution in [0.1, 0.15) is 84.9 Å². The van der Waals surface area contributed by atoms with E-state index in [1.165, 1.54) is 16.7 Å². The van der Waals surface area contributed by atoms with Gasteiger partial charge in [0.25, 0.3) is 0 Å². The van der Waals surface area contributed by atoms with Crippen LogP contribution in [0, 0.1) is 6.92 Å². The van der Waals surface area contributed by atoms with Crippen LogP contribution in [-0.4, -0.2) is 0 Å². The average molecular weight is 252 g/mol. The Morgan fingerprint density at radius 1 is 0.889 bits per heavy atom. The summed E-state index contributed by atoms with van der Waals surface area (Å²) in [7, 11) is 0. The third kappa shape index (κ3) is 9.27. The van der Waals surface area contributed by atoms with E-state index in [2.05, 4.69) is 45.9 Å². The van der Waals surface area contributed by atoms with Gasteiger partial charge >= 0.3 is 0 Å². The summed E-state index contributed by atoms with van der Waals surface area (Å²) in [6.45, 7) is 20.9. The molecule has 1 aromatic rings. The molecule has 1 rings (SSSR count). The second-order valence-electron chi connectivity index (χ2n) is 3.71. The molecule has 0 unspecified atom stereocenters. The van der Waals surface area contributed by atoms with Crippen molar-refractivity contribution in [1.29, 1.82) is 0 Å². The number of benzene rings is 1. The zero-order chi connectivity index (χ0) is 15.1. The van der Waals surface area contributed by atoms with Gasteiger partial charge in [-0.25, -0.2) is 0 Å². The summed E-state index contributed by atoms with van der Waals surface area (Å²) >= 11 is 0. The van der Waals surface area contributed by atoms with Crippen LogP contribution in [0.3, 0.4) is 0 Å². The SMILES string of the molecule is CC.CC.CC.CCc1ccc(C)cc1C(C)C. The molecule has 0 bridgehead atoms. The van der Waals surface area contributed by atoms with Gasteiger partial charge in [0, 0.05) is 0 Å². The fourth-order valence-corrected chi connectivity index (χ4v) is 1.57. The average Bonchev–Trinajstić information content (AvgIpc) is 2.45. The van der Waals surface area contributed by atoms with Gasteiger partial charge in [0.2, 0.25) is 0 Å². The van der Waals surface area contributed by atoms with Gasteiger partial charge in [0.15, 0.2) is 0 Å². The molecule has 0 saturated carbocycles. The molecule has 0 aliphatic carbocycles. The second kappa shape index (κ2) is 16.2. The van der Waals surface area contributed by atoms with E-state index in [4.69, 9.17) is 0 Å². The zero-order valence-electron chi connectivity index (χ0n) is 14.5. The first-order chi connectivity index (χ1) is 8.65. The normalized spacial score (nSPS) is 8.17. The number of aryl methyl sites for hydroxylation is 2. The maximum atomic E-state index is 2.31. The summed E-state index contributed by atoms with van der Waals surface area (Å²) in [6, 6.07) is 6.76. The molecule has 0 nitrogen and oxygen atoms in total. The summed E-state index contributed by atoms with van der Waals surface area (Å²) in [5, 5.41) is 0. The van der Waals surface area contributed by atoms with E-state index >= 15 is 0 Å². The van der Waals surface area contributed by atoms with Crippen LogP contribution in [0.15, 0.2) is 18.2 Å². The van der Waals surface area contributed by atoms with Gasteiger partial charge in [-0.15, -0.1) is 0 Å². The van der Waals surface area contributed by atoms with E-state index in [-0.39, 0.29) is 0 Å². The number of rotatable bonds is 2. The first-order valence-electron chi connectivity index (χ1n) is 7.74. The van der Waals surface area contributed by atoms with E-state index in [9.17, 15) is 0 Å². The Bertz CT molecular complexity index is 259. The van der Waals surface area contributed by atoms with E-state index < -0.39 is 0 Å². The minimum atomic E-state index is 0.653. The van der Waals surface area contributed by atoms with Gasteiger partial charge in [-0.1, -0.05) is 86.1 Å². The van der Waals surface area contributed by atoms with Crippen molar-refractivity contribution in [3.05, 3.63) is 34.9 Å². The molecule has 0 heterocycles. The molecule has 0 spiro atoms. The Balaban J connectivity index is -0.000000328. The number of hydrogen-bond acceptors (Lipinski definition) is 0. The van der Waals surface area contributed by atoms with Crippen molar-refractivity contribution in [2.45, 2.75) is 81.6 Å². The largest absolute Gasteiger partial charge is 0.0683 e. The van der Waals surface area contributed by atoms with E-state index in [0.717, 1.165) is 6.42 Å². The van der Waals surface area contributed by atoms with Crippen molar-refractivity contribution in [3.63, 3.8) is 0 Å². The maximum Gasteiger partial charge on any atom is -0.0216 e. The molecule has 1 aromatic carbocycles. The molecule has 0 amide bonds. The third-order valence-corrected chi connectivity index (χ3v) is 2.30. The predicted octanol–water partition coefficient (Wildman–Crippen LogP) is 6.76. The number of hydrogen-bond donors (Lipinski definition) is 0.